The maximum atomic E-state index is 14.3. The summed E-state index contributed by atoms with van der Waals surface area (Å²) in [5, 5.41) is 16.3. The molecule has 0 aliphatic carbocycles. The van der Waals surface area contributed by atoms with E-state index in [0.29, 0.717) is 10.8 Å². The van der Waals surface area contributed by atoms with Crippen molar-refractivity contribution in [2.24, 2.45) is 0 Å². The summed E-state index contributed by atoms with van der Waals surface area (Å²) in [5.41, 5.74) is -0.196. The molecule has 0 aliphatic heterocycles. The molecule has 0 unspecified atom stereocenters. The fourth-order valence-electron chi connectivity index (χ4n) is 7.43. The lowest BCUT2D eigenvalue weighted by Crippen LogP contribution is -2.38. The molecule has 0 atom stereocenters. The van der Waals surface area contributed by atoms with Gasteiger partial charge in [0.25, 0.3) is 11.1 Å². The van der Waals surface area contributed by atoms with Crippen LogP contribution in [0.25, 0.3) is 64.6 Å². The Hall–Kier alpha value is -3.03. The Morgan fingerprint density at radius 1 is 0.579 bits per heavy atom. The van der Waals surface area contributed by atoms with Gasteiger partial charge in [-0.2, -0.15) is 0 Å². The summed E-state index contributed by atoms with van der Waals surface area (Å²) in [5.74, 6) is 0. The Morgan fingerprint density at radius 2 is 0.974 bits per heavy atom. The third-order valence-corrected chi connectivity index (χ3v) is 13.3. The van der Waals surface area contributed by atoms with Gasteiger partial charge in [0.2, 0.25) is 0 Å². The summed E-state index contributed by atoms with van der Waals surface area (Å²) in [4.78, 5) is 28.6. The molecule has 3 nitrogen and oxygen atoms in total. The van der Waals surface area contributed by atoms with Gasteiger partial charge in [0.05, 0.1) is 26.9 Å². The first-order valence-electron chi connectivity index (χ1n) is 14.1. The third-order valence-electron chi connectivity index (χ3n) is 9.21. The smallest absolute Gasteiger partial charge is 0.262 e. The molecule has 1 heterocycles. The van der Waals surface area contributed by atoms with Gasteiger partial charge < -0.3 is 0 Å². The maximum absolute atomic E-state index is 14.3. The number of hydrogen-bond acceptors (Lipinski definition) is 2. The molecule has 192 valence electrons. The zero-order valence-corrected chi connectivity index (χ0v) is 25.7. The lowest BCUT2D eigenvalue weighted by atomic mass is 9.95. The second-order valence-electron chi connectivity index (χ2n) is 13.5. The molecule has 0 fully saturated rings. The minimum atomic E-state index is -1.78. The number of hydrogen-bond donors (Lipinski definition) is 0. The zero-order chi connectivity index (χ0) is 27.0. The quantitative estimate of drug-likeness (QED) is 0.172. The van der Waals surface area contributed by atoms with Gasteiger partial charge >= 0.3 is 0 Å². The number of nitrogens with zero attached hydrogens (tertiary/aromatic N) is 1. The monoisotopic (exact) mass is 533 g/mol. The van der Waals surface area contributed by atoms with Crippen LogP contribution in [0.3, 0.4) is 0 Å². The SMILES string of the molecule is CCC(CC)n1c(=O)c2c3cc([Si](C)(C)C)c4ccc5ccc6c([Si](C)(C)C)cc(c2c1=O)c1c6c5c4c31. The second kappa shape index (κ2) is 7.33. The van der Waals surface area contributed by atoms with Gasteiger partial charge in [-0.05, 0) is 66.7 Å². The van der Waals surface area contributed by atoms with Crippen molar-refractivity contribution in [1.29, 1.82) is 0 Å². The number of aromatic nitrogens is 1. The molecule has 0 amide bonds. The highest BCUT2D eigenvalue weighted by Crippen LogP contribution is 2.49. The Kier molecular flexibility index (Phi) is 4.64. The highest BCUT2D eigenvalue weighted by Gasteiger charge is 2.33. The largest absolute Gasteiger partial charge is 0.271 e. The highest BCUT2D eigenvalue weighted by molar-refractivity contribution is 6.91. The van der Waals surface area contributed by atoms with E-state index in [2.05, 4.69) is 89.5 Å². The van der Waals surface area contributed by atoms with Crippen molar-refractivity contribution in [2.75, 3.05) is 0 Å². The molecule has 0 radical (unpaired) electrons. The van der Waals surface area contributed by atoms with E-state index in [1.54, 1.807) is 4.57 Å². The predicted molar refractivity (Wildman–Crippen MR) is 172 cm³/mol. The van der Waals surface area contributed by atoms with E-state index >= 15 is 0 Å². The number of rotatable bonds is 5. The Bertz CT molecular complexity index is 2010. The summed E-state index contributed by atoms with van der Waals surface area (Å²) in [6.07, 6.45) is 1.55. The van der Waals surface area contributed by atoms with E-state index in [0.717, 1.165) is 23.6 Å². The predicted octanol–water partition coefficient (Wildman–Crippen LogP) is 7.33. The molecule has 5 heteroatoms. The molecule has 0 saturated carbocycles. The van der Waals surface area contributed by atoms with Crippen molar-refractivity contribution in [1.82, 2.24) is 4.57 Å². The third kappa shape index (κ3) is 2.74. The Balaban J connectivity index is 1.92. The molecule has 0 bridgehead atoms. The summed E-state index contributed by atoms with van der Waals surface area (Å²) in [6, 6.07) is 13.7. The van der Waals surface area contributed by atoms with Crippen LogP contribution in [-0.4, -0.2) is 20.7 Å². The molecule has 38 heavy (non-hydrogen) atoms. The van der Waals surface area contributed by atoms with Gasteiger partial charge in [-0.25, -0.2) is 0 Å². The average Bonchev–Trinajstić information content (AvgIpc) is 3.34. The van der Waals surface area contributed by atoms with E-state index in [9.17, 15) is 9.59 Å². The lowest BCUT2D eigenvalue weighted by molar-refractivity contribution is 0.455. The van der Waals surface area contributed by atoms with E-state index in [-0.39, 0.29) is 17.2 Å². The number of fused-ring (bicyclic) bond motifs is 3. The van der Waals surface area contributed by atoms with Crippen LogP contribution < -0.4 is 21.5 Å². The van der Waals surface area contributed by atoms with E-state index in [4.69, 9.17) is 0 Å². The van der Waals surface area contributed by atoms with Crippen LogP contribution in [0.5, 0.6) is 0 Å². The lowest BCUT2D eigenvalue weighted by Gasteiger charge is -2.21. The van der Waals surface area contributed by atoms with Crippen LogP contribution in [0.15, 0.2) is 46.0 Å². The summed E-state index contributed by atoms with van der Waals surface area (Å²) < 4.78 is 1.59. The van der Waals surface area contributed by atoms with Gasteiger partial charge in [0.15, 0.2) is 0 Å². The van der Waals surface area contributed by atoms with Crippen LogP contribution >= 0.6 is 0 Å². The zero-order valence-electron chi connectivity index (χ0n) is 23.7. The molecule has 0 aliphatic rings. The first-order chi connectivity index (χ1) is 17.9. The van der Waals surface area contributed by atoms with Gasteiger partial charge in [0.1, 0.15) is 0 Å². The van der Waals surface area contributed by atoms with E-state index < -0.39 is 16.1 Å². The van der Waals surface area contributed by atoms with Crippen molar-refractivity contribution < 1.29 is 0 Å². The van der Waals surface area contributed by atoms with Crippen LogP contribution in [0.1, 0.15) is 32.7 Å². The Morgan fingerprint density at radius 3 is 1.34 bits per heavy atom. The average molecular weight is 534 g/mol. The standard InChI is InChI=1S/C33H35NO2Si2/c1-9-18(10-2)34-32(35)30-21-15-23(37(3,4)5)19-13-11-17-12-14-20-24(38(6,7)8)16-22(31(30)33(34)36)29-27(20)25(17)26(19)28(21)29/h11-16,18H,9-10H2,1-8H3. The van der Waals surface area contributed by atoms with Crippen molar-refractivity contribution in [2.45, 2.75) is 72.0 Å². The normalized spacial score (nSPS) is 13.9. The van der Waals surface area contributed by atoms with Crippen molar-refractivity contribution in [3.63, 3.8) is 0 Å². The van der Waals surface area contributed by atoms with Crippen LogP contribution in [-0.2, 0) is 0 Å². The fraction of sp³-hybridized carbons (Fsp3) is 0.333. The summed E-state index contributed by atoms with van der Waals surface area (Å²) in [7, 11) is -3.56. The van der Waals surface area contributed by atoms with E-state index in [1.165, 1.54) is 53.5 Å². The van der Waals surface area contributed by atoms with Gasteiger partial charge in [-0.1, -0.05) is 99.9 Å². The first-order valence-corrected chi connectivity index (χ1v) is 21.1. The molecule has 1 aromatic heterocycles. The molecule has 6 aromatic carbocycles. The van der Waals surface area contributed by atoms with E-state index in [1.807, 2.05) is 0 Å². The first kappa shape index (κ1) is 24.0. The van der Waals surface area contributed by atoms with Crippen LogP contribution in [0, 0.1) is 0 Å². The molecule has 0 spiro atoms. The molecule has 0 saturated heterocycles. The molecular formula is C33H35NO2Si2. The minimum absolute atomic E-state index is 0.0773. The van der Waals surface area contributed by atoms with Gasteiger partial charge in [-0.3, -0.25) is 14.2 Å². The fourth-order valence-corrected chi connectivity index (χ4v) is 10.6. The van der Waals surface area contributed by atoms with Crippen LogP contribution in [0.4, 0.5) is 0 Å². The molecule has 7 rings (SSSR count). The summed E-state index contributed by atoms with van der Waals surface area (Å²) in [6.45, 7) is 18.5. The van der Waals surface area contributed by atoms with Gasteiger partial charge in [0, 0.05) is 6.04 Å². The molecule has 7 aromatic rings. The topological polar surface area (TPSA) is 39.1 Å². The minimum Gasteiger partial charge on any atom is -0.271 e. The Labute approximate surface area is 224 Å². The molecule has 0 N–H and O–H groups in total. The number of benzene rings is 5. The van der Waals surface area contributed by atoms with Crippen molar-refractivity contribution in [3.05, 3.63) is 57.1 Å². The summed E-state index contributed by atoms with van der Waals surface area (Å²) >= 11 is 0. The van der Waals surface area contributed by atoms with Gasteiger partial charge in [-0.15, -0.1) is 0 Å². The van der Waals surface area contributed by atoms with Crippen molar-refractivity contribution in [3.8, 4) is 0 Å². The second-order valence-corrected chi connectivity index (χ2v) is 23.5. The molecular weight excluding hydrogens is 499 g/mol. The van der Waals surface area contributed by atoms with Crippen LogP contribution in [0.2, 0.25) is 39.3 Å². The maximum Gasteiger partial charge on any atom is 0.262 e. The van der Waals surface area contributed by atoms with Crippen molar-refractivity contribution >= 4 is 91.2 Å². The highest BCUT2D eigenvalue weighted by atomic mass is 28.3.